The van der Waals surface area contributed by atoms with E-state index in [9.17, 15) is 0 Å². The SMILES string of the molecule is CC1(C)c2ccc(-c3cc(-c4ccc5ccc6cccc7ccc4c5c67)cc4ccccc34)cc2-c2cccc3cccc1c23. The van der Waals surface area contributed by atoms with Gasteiger partial charge in [-0.1, -0.05) is 141 Å². The molecule has 0 aliphatic heterocycles. The molecule has 0 saturated carbocycles. The van der Waals surface area contributed by atoms with Gasteiger partial charge in [0.15, 0.2) is 0 Å². The Labute approximate surface area is 262 Å². The maximum absolute atomic E-state index is 2.46. The lowest BCUT2D eigenvalue weighted by molar-refractivity contribution is 0.645. The van der Waals surface area contributed by atoms with Crippen LogP contribution in [0.15, 0.2) is 146 Å². The Morgan fingerprint density at radius 3 is 1.82 bits per heavy atom. The Morgan fingerprint density at radius 1 is 0.333 bits per heavy atom. The van der Waals surface area contributed by atoms with Crippen LogP contribution in [0, 0.1) is 0 Å². The van der Waals surface area contributed by atoms with Crippen molar-refractivity contribution < 1.29 is 0 Å². The van der Waals surface area contributed by atoms with Crippen molar-refractivity contribution in [2.45, 2.75) is 19.3 Å². The summed E-state index contributed by atoms with van der Waals surface area (Å²) in [6, 6.07) is 54.8. The van der Waals surface area contributed by atoms with Gasteiger partial charge in [0.2, 0.25) is 0 Å². The molecule has 0 heterocycles. The molecule has 210 valence electrons. The second-order valence-electron chi connectivity index (χ2n) is 13.3. The van der Waals surface area contributed by atoms with E-state index >= 15 is 0 Å². The highest BCUT2D eigenvalue weighted by molar-refractivity contribution is 6.25. The molecule has 0 nitrogen and oxygen atoms in total. The molecular formula is C45H30. The lowest BCUT2D eigenvalue weighted by Gasteiger charge is -2.35. The van der Waals surface area contributed by atoms with Gasteiger partial charge >= 0.3 is 0 Å². The summed E-state index contributed by atoms with van der Waals surface area (Å²) in [4.78, 5) is 0. The fraction of sp³-hybridized carbons (Fsp3) is 0.0667. The van der Waals surface area contributed by atoms with Crippen molar-refractivity contribution in [2.75, 3.05) is 0 Å². The summed E-state index contributed by atoms with van der Waals surface area (Å²) in [5, 5.41) is 13.2. The standard InChI is InChI=1S/C45H30/c1-45(2)40-23-20-32(25-39(40)36-14-6-11-27-12-7-15-41(45)43(27)36)38-26-33(24-31-8-3-4-13-34(31)38)35-21-18-30-17-16-28-9-5-10-29-19-22-37(35)44(30)42(28)29/h3-26H,1-2H3. The van der Waals surface area contributed by atoms with Crippen LogP contribution in [-0.4, -0.2) is 0 Å². The minimum atomic E-state index is -0.0760. The maximum Gasteiger partial charge on any atom is 0.0159 e. The molecule has 0 heteroatoms. The first-order chi connectivity index (χ1) is 22.1. The van der Waals surface area contributed by atoms with Gasteiger partial charge in [-0.15, -0.1) is 0 Å². The van der Waals surface area contributed by atoms with Gasteiger partial charge in [0.1, 0.15) is 0 Å². The molecule has 0 N–H and O–H groups in total. The molecule has 10 rings (SSSR count). The first-order valence-electron chi connectivity index (χ1n) is 15.9. The summed E-state index contributed by atoms with van der Waals surface area (Å²) < 4.78 is 0. The average Bonchev–Trinajstić information content (AvgIpc) is 3.09. The molecule has 9 aromatic carbocycles. The fourth-order valence-corrected chi connectivity index (χ4v) is 8.40. The minimum absolute atomic E-state index is 0.0760. The van der Waals surface area contributed by atoms with Gasteiger partial charge in [-0.2, -0.15) is 0 Å². The second kappa shape index (κ2) is 8.80. The quantitative estimate of drug-likeness (QED) is 0.181. The van der Waals surface area contributed by atoms with Gasteiger partial charge < -0.3 is 0 Å². The van der Waals surface area contributed by atoms with Gasteiger partial charge in [-0.3, -0.25) is 0 Å². The number of hydrogen-bond donors (Lipinski definition) is 0. The molecule has 9 aromatic rings. The van der Waals surface area contributed by atoms with E-state index in [0.717, 1.165) is 0 Å². The van der Waals surface area contributed by atoms with Crippen LogP contribution in [0.3, 0.4) is 0 Å². The topological polar surface area (TPSA) is 0 Å². The molecule has 0 bridgehead atoms. The minimum Gasteiger partial charge on any atom is -0.0616 e. The zero-order chi connectivity index (χ0) is 29.9. The van der Waals surface area contributed by atoms with E-state index < -0.39 is 0 Å². The smallest absolute Gasteiger partial charge is 0.0159 e. The van der Waals surface area contributed by atoms with E-state index in [4.69, 9.17) is 0 Å². The molecular weight excluding hydrogens is 540 g/mol. The highest BCUT2D eigenvalue weighted by atomic mass is 14.4. The maximum atomic E-state index is 2.46. The Hall–Kier alpha value is -5.46. The lowest BCUT2D eigenvalue weighted by Crippen LogP contribution is -2.23. The van der Waals surface area contributed by atoms with Crippen molar-refractivity contribution in [3.63, 3.8) is 0 Å². The summed E-state index contributed by atoms with van der Waals surface area (Å²) in [5.74, 6) is 0. The zero-order valence-electron chi connectivity index (χ0n) is 25.4. The second-order valence-corrected chi connectivity index (χ2v) is 13.3. The van der Waals surface area contributed by atoms with Gasteiger partial charge in [0.05, 0.1) is 0 Å². The third kappa shape index (κ3) is 3.37. The summed E-state index contributed by atoms with van der Waals surface area (Å²) in [5.41, 5.74) is 10.5. The number of fused-ring (bicyclic) bond motifs is 3. The third-order valence-electron chi connectivity index (χ3n) is 10.6. The average molecular weight is 571 g/mol. The number of rotatable bonds is 2. The molecule has 0 radical (unpaired) electrons. The van der Waals surface area contributed by atoms with Crippen molar-refractivity contribution in [3.05, 3.63) is 157 Å². The van der Waals surface area contributed by atoms with Crippen LogP contribution in [0.2, 0.25) is 0 Å². The third-order valence-corrected chi connectivity index (χ3v) is 10.6. The van der Waals surface area contributed by atoms with Gasteiger partial charge in [-0.05, 0) is 117 Å². The van der Waals surface area contributed by atoms with Crippen molar-refractivity contribution in [2.24, 2.45) is 0 Å². The van der Waals surface area contributed by atoms with E-state index in [2.05, 4.69) is 159 Å². The van der Waals surface area contributed by atoms with E-state index in [1.54, 1.807) is 0 Å². The molecule has 0 fully saturated rings. The molecule has 0 atom stereocenters. The molecule has 1 aliphatic rings. The monoisotopic (exact) mass is 570 g/mol. The molecule has 0 amide bonds. The van der Waals surface area contributed by atoms with E-state index in [-0.39, 0.29) is 5.41 Å². The fourth-order valence-electron chi connectivity index (χ4n) is 8.40. The van der Waals surface area contributed by atoms with E-state index in [1.807, 2.05) is 0 Å². The Kier molecular flexibility index (Phi) is 4.88. The summed E-state index contributed by atoms with van der Waals surface area (Å²) >= 11 is 0. The van der Waals surface area contributed by atoms with Crippen LogP contribution >= 0.6 is 0 Å². The Balaban J connectivity index is 1.24. The Bertz CT molecular complexity index is 2650. The molecule has 45 heavy (non-hydrogen) atoms. The van der Waals surface area contributed by atoms with Gasteiger partial charge in [0.25, 0.3) is 0 Å². The molecule has 1 aliphatic carbocycles. The Morgan fingerprint density at radius 2 is 0.978 bits per heavy atom. The lowest BCUT2D eigenvalue weighted by atomic mass is 9.68. The van der Waals surface area contributed by atoms with Crippen LogP contribution in [0.5, 0.6) is 0 Å². The van der Waals surface area contributed by atoms with Crippen LogP contribution < -0.4 is 0 Å². The van der Waals surface area contributed by atoms with Crippen molar-refractivity contribution >= 4 is 53.9 Å². The van der Waals surface area contributed by atoms with Crippen LogP contribution in [0.25, 0.3) is 87.2 Å². The van der Waals surface area contributed by atoms with Crippen molar-refractivity contribution in [1.29, 1.82) is 0 Å². The van der Waals surface area contributed by atoms with E-state index in [1.165, 1.54) is 98.4 Å². The molecule has 0 saturated heterocycles. The van der Waals surface area contributed by atoms with Gasteiger partial charge in [0, 0.05) is 5.41 Å². The van der Waals surface area contributed by atoms with Crippen LogP contribution in [-0.2, 0) is 5.41 Å². The molecule has 0 spiro atoms. The van der Waals surface area contributed by atoms with Crippen molar-refractivity contribution in [1.82, 2.24) is 0 Å². The zero-order valence-corrected chi connectivity index (χ0v) is 25.4. The predicted molar refractivity (Wildman–Crippen MR) is 194 cm³/mol. The highest BCUT2D eigenvalue weighted by Gasteiger charge is 2.33. The van der Waals surface area contributed by atoms with Crippen LogP contribution in [0.4, 0.5) is 0 Å². The van der Waals surface area contributed by atoms with E-state index in [0.29, 0.717) is 0 Å². The summed E-state index contributed by atoms with van der Waals surface area (Å²) in [6.45, 7) is 4.75. The molecule has 0 unspecified atom stereocenters. The summed E-state index contributed by atoms with van der Waals surface area (Å²) in [6.07, 6.45) is 0. The van der Waals surface area contributed by atoms with Gasteiger partial charge in [-0.25, -0.2) is 0 Å². The highest BCUT2D eigenvalue weighted by Crippen LogP contribution is 2.50. The van der Waals surface area contributed by atoms with Crippen LogP contribution in [0.1, 0.15) is 25.0 Å². The number of hydrogen-bond acceptors (Lipinski definition) is 0. The van der Waals surface area contributed by atoms with Crippen molar-refractivity contribution in [3.8, 4) is 33.4 Å². The number of benzene rings is 9. The first kappa shape index (κ1) is 24.9. The summed E-state index contributed by atoms with van der Waals surface area (Å²) in [7, 11) is 0. The molecule has 0 aromatic heterocycles. The largest absolute Gasteiger partial charge is 0.0616 e. The predicted octanol–water partition coefficient (Wildman–Crippen LogP) is 12.5. The first-order valence-corrected chi connectivity index (χ1v) is 15.9. The normalized spacial score (nSPS) is 13.7.